The zero-order valence-corrected chi connectivity index (χ0v) is 33.0. The van der Waals surface area contributed by atoms with Crippen molar-refractivity contribution in [3.63, 3.8) is 0 Å². The van der Waals surface area contributed by atoms with Gasteiger partial charge >= 0.3 is 12.1 Å². The number of nitrogens with one attached hydrogen (secondary N) is 3. The Bertz CT molecular complexity index is 2490. The van der Waals surface area contributed by atoms with Crippen molar-refractivity contribution < 1.29 is 43.2 Å². The van der Waals surface area contributed by atoms with Gasteiger partial charge in [-0.25, -0.2) is 28.1 Å². The summed E-state index contributed by atoms with van der Waals surface area (Å²) in [7, 11) is -2.41. The molecule has 0 radical (unpaired) electrons. The fourth-order valence-corrected chi connectivity index (χ4v) is 8.59. The van der Waals surface area contributed by atoms with Crippen LogP contribution >= 0.6 is 0 Å². The second-order valence-corrected chi connectivity index (χ2v) is 16.7. The number of aromatic nitrogens is 4. The molecule has 60 heavy (non-hydrogen) atoms. The molecular weight excluding hydrogens is 799 g/mol. The van der Waals surface area contributed by atoms with Crippen molar-refractivity contribution in [2.24, 2.45) is 5.14 Å². The summed E-state index contributed by atoms with van der Waals surface area (Å²) < 4.78 is 24.9. The number of imidazole rings is 1. The third-order valence-electron chi connectivity index (χ3n) is 11.2. The molecule has 2 aromatic heterocycles. The number of imide groups is 1. The van der Waals surface area contributed by atoms with Gasteiger partial charge in [0.05, 0.1) is 23.3 Å². The van der Waals surface area contributed by atoms with Crippen molar-refractivity contribution in [3.05, 3.63) is 90.3 Å². The maximum atomic E-state index is 13.0. The number of benzene rings is 3. The molecule has 1 unspecified atom stereocenters. The highest BCUT2D eigenvalue weighted by molar-refractivity contribution is 7.89. The maximum Gasteiger partial charge on any atom is 0.327 e. The standard InChI is InChI=1S/C39H43N11O9S/c1-47-19-31(53)50(39(47)57)30-16-29(33(54)34(30)55)49-20-42-32-35(41-17-28(21-2-8-25(51)9-3-21)22-4-10-26(52)11-5-22)45-37(46-36(32)49)48-15-14-24(18-48)44-38(56)43-23-6-12-27(13-7-23)60(40,58)59/h2-13,20,24,28-30,33-34,51-52,54-55H,14-19H2,1H3,(H2,40,58,59)(H,41,45,46)(H2,43,44,56)/t24?,29-,30+,33+,34-/m1/s1. The molecule has 21 heteroatoms. The van der Waals surface area contributed by atoms with E-state index in [1.54, 1.807) is 53.1 Å². The smallest absolute Gasteiger partial charge is 0.327 e. The lowest BCUT2D eigenvalue weighted by atomic mass is 9.91. The number of anilines is 3. The number of amides is 5. The molecule has 5 atom stereocenters. The predicted molar refractivity (Wildman–Crippen MR) is 217 cm³/mol. The van der Waals surface area contributed by atoms with Gasteiger partial charge in [-0.15, -0.1) is 0 Å². The Hall–Kier alpha value is -6.55. The molecule has 3 aromatic carbocycles. The highest BCUT2D eigenvalue weighted by Gasteiger charge is 2.51. The first-order valence-corrected chi connectivity index (χ1v) is 20.6. The van der Waals surface area contributed by atoms with Crippen LogP contribution in [-0.4, -0.2) is 134 Å². The molecule has 9 N–H and O–H groups in total. The summed E-state index contributed by atoms with van der Waals surface area (Å²) >= 11 is 0. The number of hydrogen-bond donors (Lipinski definition) is 8. The number of phenols is 2. The number of likely N-dealkylation sites (N-methyl/N-ethyl adjacent to an activating group) is 1. The van der Waals surface area contributed by atoms with Gasteiger partial charge in [0.1, 0.15) is 30.3 Å². The minimum atomic E-state index is -3.90. The zero-order valence-electron chi connectivity index (χ0n) is 32.2. The van der Waals surface area contributed by atoms with Crippen molar-refractivity contribution in [2.45, 2.75) is 54.0 Å². The van der Waals surface area contributed by atoms with Gasteiger partial charge in [0, 0.05) is 44.3 Å². The fourth-order valence-electron chi connectivity index (χ4n) is 8.07. The van der Waals surface area contributed by atoms with E-state index >= 15 is 0 Å². The SMILES string of the molecule is CN1CC(=O)N([C@H]2C[C@@H](n3cnc4c(NCC(c5ccc(O)cc5)c5ccc(O)cc5)nc(N5CCC(NC(=O)Nc6ccc(S(N)(=O)=O)cc6)C5)nc43)[C@H](O)[C@@H]2O)C1=O. The number of aromatic hydroxyl groups is 2. The van der Waals surface area contributed by atoms with E-state index in [4.69, 9.17) is 15.1 Å². The Morgan fingerprint density at radius 1 is 0.917 bits per heavy atom. The number of sulfonamides is 1. The summed E-state index contributed by atoms with van der Waals surface area (Å²) in [6.07, 6.45) is -0.808. The third-order valence-corrected chi connectivity index (χ3v) is 12.1. The number of hydrogen-bond acceptors (Lipinski definition) is 14. The van der Waals surface area contributed by atoms with Crippen LogP contribution in [0.1, 0.15) is 35.9 Å². The third kappa shape index (κ3) is 7.94. The highest BCUT2D eigenvalue weighted by atomic mass is 32.2. The Morgan fingerprint density at radius 2 is 1.55 bits per heavy atom. The van der Waals surface area contributed by atoms with E-state index in [0.29, 0.717) is 42.2 Å². The second-order valence-electron chi connectivity index (χ2n) is 15.2. The molecule has 5 amide bonds. The molecule has 1 aliphatic carbocycles. The number of phenolic OH excluding ortho intramolecular Hbond substituents is 2. The summed E-state index contributed by atoms with van der Waals surface area (Å²) in [6, 6.07) is 15.7. The largest absolute Gasteiger partial charge is 0.508 e. The van der Waals surface area contributed by atoms with Gasteiger partial charge in [-0.3, -0.25) is 9.69 Å². The molecule has 8 rings (SSSR count). The fraction of sp³-hybridized carbons (Fsp3) is 0.333. The van der Waals surface area contributed by atoms with Gasteiger partial charge in [0.25, 0.3) is 5.91 Å². The van der Waals surface area contributed by atoms with Crippen LogP contribution in [0.2, 0.25) is 0 Å². The second kappa shape index (κ2) is 15.9. The molecule has 1 saturated carbocycles. The Kier molecular flexibility index (Phi) is 10.7. The van der Waals surface area contributed by atoms with Gasteiger partial charge in [-0.05, 0) is 72.5 Å². The predicted octanol–water partition coefficient (Wildman–Crippen LogP) is 1.46. The lowest BCUT2D eigenvalue weighted by Gasteiger charge is -2.24. The van der Waals surface area contributed by atoms with E-state index in [2.05, 4.69) is 20.9 Å². The number of nitrogens with zero attached hydrogens (tertiary/aromatic N) is 7. The first-order valence-electron chi connectivity index (χ1n) is 19.1. The lowest BCUT2D eigenvalue weighted by Crippen LogP contribution is -2.47. The van der Waals surface area contributed by atoms with E-state index in [-0.39, 0.29) is 53.8 Å². The molecule has 3 aliphatic rings. The molecule has 314 valence electrons. The van der Waals surface area contributed by atoms with Crippen LogP contribution in [0.25, 0.3) is 11.2 Å². The molecule has 2 aliphatic heterocycles. The first-order chi connectivity index (χ1) is 28.6. The summed E-state index contributed by atoms with van der Waals surface area (Å²) in [5.41, 5.74) is 2.73. The van der Waals surface area contributed by atoms with Crippen LogP contribution in [-0.2, 0) is 14.8 Å². The van der Waals surface area contributed by atoms with Crippen LogP contribution in [0.4, 0.5) is 27.0 Å². The summed E-state index contributed by atoms with van der Waals surface area (Å²) in [4.78, 5) is 57.2. The van der Waals surface area contributed by atoms with Crippen LogP contribution < -0.4 is 26.0 Å². The van der Waals surface area contributed by atoms with Crippen molar-refractivity contribution in [1.29, 1.82) is 0 Å². The molecule has 4 heterocycles. The molecule has 5 aromatic rings. The average molecular weight is 842 g/mol. The van der Waals surface area contributed by atoms with Crippen LogP contribution in [0.15, 0.2) is 84.0 Å². The molecular formula is C39H43N11O9S. The van der Waals surface area contributed by atoms with Crippen molar-refractivity contribution in [1.82, 2.24) is 34.6 Å². The minimum absolute atomic E-state index is 0.0283. The van der Waals surface area contributed by atoms with Crippen LogP contribution in [0.5, 0.6) is 11.5 Å². The molecule has 3 fully saturated rings. The number of fused-ring (bicyclic) bond motifs is 1. The summed E-state index contributed by atoms with van der Waals surface area (Å²) in [5, 5.41) is 56.9. The molecule has 0 bridgehead atoms. The van der Waals surface area contributed by atoms with E-state index in [9.17, 15) is 43.2 Å². The van der Waals surface area contributed by atoms with Crippen molar-refractivity contribution in [2.75, 3.05) is 48.8 Å². The van der Waals surface area contributed by atoms with Gasteiger partial charge in [-0.1, -0.05) is 24.3 Å². The Labute approximate surface area is 343 Å². The lowest BCUT2D eigenvalue weighted by molar-refractivity contribution is -0.128. The topological polar surface area (TPSA) is 282 Å². The van der Waals surface area contributed by atoms with Gasteiger partial charge in [0.15, 0.2) is 17.0 Å². The number of nitrogens with two attached hydrogens (primary N) is 1. The van der Waals surface area contributed by atoms with Gasteiger partial charge < -0.3 is 50.7 Å². The Morgan fingerprint density at radius 3 is 2.15 bits per heavy atom. The number of rotatable bonds is 11. The highest BCUT2D eigenvalue weighted by Crippen LogP contribution is 2.38. The molecule has 20 nitrogen and oxygen atoms in total. The number of aliphatic hydroxyl groups is 2. The molecule has 2 saturated heterocycles. The van der Waals surface area contributed by atoms with E-state index in [0.717, 1.165) is 16.0 Å². The quantitative estimate of drug-likeness (QED) is 0.0875. The minimum Gasteiger partial charge on any atom is -0.508 e. The number of urea groups is 2. The van der Waals surface area contributed by atoms with Gasteiger partial charge in [-0.2, -0.15) is 9.97 Å². The van der Waals surface area contributed by atoms with E-state index < -0.39 is 52.3 Å². The maximum absolute atomic E-state index is 13.0. The number of aliphatic hydroxyl groups excluding tert-OH is 2. The van der Waals surface area contributed by atoms with Crippen molar-refractivity contribution in [3.8, 4) is 11.5 Å². The normalized spacial score (nSPS) is 22.0. The summed E-state index contributed by atoms with van der Waals surface area (Å²) in [6.45, 7) is 0.881. The van der Waals surface area contributed by atoms with Crippen LogP contribution in [0, 0.1) is 0 Å². The average Bonchev–Trinajstić information content (AvgIpc) is 3.98. The van der Waals surface area contributed by atoms with E-state index in [1.807, 2.05) is 4.90 Å². The Balaban J connectivity index is 1.09. The zero-order chi connectivity index (χ0) is 42.5. The monoisotopic (exact) mass is 841 g/mol. The number of primary sulfonamides is 1. The first kappa shape index (κ1) is 40.2. The summed E-state index contributed by atoms with van der Waals surface area (Å²) in [5.74, 6) is 0.0452. The van der Waals surface area contributed by atoms with E-state index in [1.165, 1.54) is 42.5 Å². The van der Waals surface area contributed by atoms with Gasteiger partial charge in [0.2, 0.25) is 16.0 Å². The van der Waals surface area contributed by atoms with Crippen LogP contribution in [0.3, 0.4) is 0 Å². The number of carbonyl (C=O) groups is 3. The van der Waals surface area contributed by atoms with Crippen molar-refractivity contribution >= 4 is 56.6 Å². The molecule has 0 spiro atoms. The number of carbonyl (C=O) groups excluding carboxylic acids is 3.